The van der Waals surface area contributed by atoms with E-state index in [1.54, 1.807) is 12.1 Å². The molecule has 0 amide bonds. The van der Waals surface area contributed by atoms with E-state index in [-0.39, 0.29) is 13.3 Å². The molecule has 1 aromatic carbocycles. The van der Waals surface area contributed by atoms with Gasteiger partial charge in [-0.1, -0.05) is 11.6 Å². The Hall–Kier alpha value is -1.51. The highest BCUT2D eigenvalue weighted by molar-refractivity contribution is 7.90. The van der Waals surface area contributed by atoms with Gasteiger partial charge in [-0.2, -0.15) is 4.31 Å². The van der Waals surface area contributed by atoms with E-state index in [0.29, 0.717) is 34.9 Å². The number of hydrogen-bond donors (Lipinski definition) is 1. The molecule has 0 spiro atoms. The third-order valence-corrected chi connectivity index (χ3v) is 6.04. The summed E-state index contributed by atoms with van der Waals surface area (Å²) >= 11 is 6.06. The lowest BCUT2D eigenvalue weighted by Gasteiger charge is -2.20. The minimum Gasteiger partial charge on any atom is -0.480 e. The molecule has 0 unspecified atom stereocenters. The number of rotatable bonds is 6. The van der Waals surface area contributed by atoms with Gasteiger partial charge in [-0.05, 0) is 30.5 Å². The van der Waals surface area contributed by atoms with Crippen LogP contribution < -0.4 is 9.47 Å². The zero-order chi connectivity index (χ0) is 15.9. The Bertz CT molecular complexity index is 715. The second-order valence-corrected chi connectivity index (χ2v) is 7.84. The number of ether oxygens (including phenoxy) is 2. The first-order valence-electron chi connectivity index (χ1n) is 6.66. The van der Waals surface area contributed by atoms with Crippen LogP contribution in [0.15, 0.2) is 12.1 Å². The number of nitrogens with zero attached hydrogens (tertiary/aromatic N) is 1. The monoisotopic (exact) mass is 347 g/mol. The maximum absolute atomic E-state index is 12.3. The zero-order valence-corrected chi connectivity index (χ0v) is 13.1. The number of carboxylic acid groups (broad SMARTS) is 1. The molecule has 0 saturated heterocycles. The topological polar surface area (TPSA) is 93.1 Å². The van der Waals surface area contributed by atoms with Gasteiger partial charge >= 0.3 is 5.97 Å². The van der Waals surface area contributed by atoms with Crippen molar-refractivity contribution in [1.82, 2.24) is 4.31 Å². The Kier molecular flexibility index (Phi) is 3.92. The van der Waals surface area contributed by atoms with E-state index in [1.807, 2.05) is 0 Å². The number of aliphatic carboxylic acids is 1. The number of hydrogen-bond acceptors (Lipinski definition) is 5. The van der Waals surface area contributed by atoms with Crippen LogP contribution in [-0.4, -0.2) is 42.4 Å². The maximum Gasteiger partial charge on any atom is 0.318 e. The predicted molar refractivity (Wildman–Crippen MR) is 77.6 cm³/mol. The lowest BCUT2D eigenvalue weighted by atomic mass is 10.2. The molecule has 1 aromatic rings. The van der Waals surface area contributed by atoms with Gasteiger partial charge in [-0.25, -0.2) is 8.42 Å². The van der Waals surface area contributed by atoms with Crippen molar-refractivity contribution in [3.63, 3.8) is 0 Å². The molecular formula is C13H14ClNO6S. The molecule has 120 valence electrons. The highest BCUT2D eigenvalue weighted by Gasteiger charge is 2.40. The number of sulfonamides is 1. The SMILES string of the molecule is O=C(O)CN(Cc1cc(Cl)c2c(c1)OCO2)S(=O)(=O)C1CC1. The lowest BCUT2D eigenvalue weighted by Crippen LogP contribution is -2.37. The van der Waals surface area contributed by atoms with Gasteiger partial charge in [0.1, 0.15) is 6.54 Å². The molecule has 3 rings (SSSR count). The van der Waals surface area contributed by atoms with Crippen LogP contribution in [0.5, 0.6) is 11.5 Å². The summed E-state index contributed by atoms with van der Waals surface area (Å²) in [6, 6.07) is 3.18. The van der Waals surface area contributed by atoms with E-state index < -0.39 is 27.8 Å². The molecule has 0 aromatic heterocycles. The van der Waals surface area contributed by atoms with E-state index in [9.17, 15) is 13.2 Å². The molecule has 22 heavy (non-hydrogen) atoms. The largest absolute Gasteiger partial charge is 0.480 e. The van der Waals surface area contributed by atoms with Crippen molar-refractivity contribution in [1.29, 1.82) is 0 Å². The minimum absolute atomic E-state index is 0.0533. The van der Waals surface area contributed by atoms with Crippen LogP contribution in [0.25, 0.3) is 0 Å². The average Bonchev–Trinajstić information content (AvgIpc) is 3.18. The van der Waals surface area contributed by atoms with Gasteiger partial charge in [0.2, 0.25) is 16.8 Å². The van der Waals surface area contributed by atoms with Crippen LogP contribution in [0, 0.1) is 0 Å². The highest BCUT2D eigenvalue weighted by atomic mass is 35.5. The molecule has 1 fully saturated rings. The van der Waals surface area contributed by atoms with Gasteiger partial charge in [0.25, 0.3) is 0 Å². The van der Waals surface area contributed by atoms with E-state index >= 15 is 0 Å². The molecule has 2 aliphatic rings. The molecule has 1 saturated carbocycles. The number of carboxylic acids is 1. The molecule has 1 aliphatic heterocycles. The molecule has 0 radical (unpaired) electrons. The molecule has 9 heteroatoms. The molecule has 1 N–H and O–H groups in total. The van der Waals surface area contributed by atoms with Crippen LogP contribution >= 0.6 is 11.6 Å². The number of benzene rings is 1. The van der Waals surface area contributed by atoms with Crippen LogP contribution in [0.4, 0.5) is 0 Å². The molecule has 7 nitrogen and oxygen atoms in total. The fourth-order valence-corrected chi connectivity index (χ4v) is 4.34. The van der Waals surface area contributed by atoms with Crippen molar-refractivity contribution < 1.29 is 27.8 Å². The zero-order valence-electron chi connectivity index (χ0n) is 11.5. The van der Waals surface area contributed by atoms with E-state index in [4.69, 9.17) is 26.2 Å². The predicted octanol–water partition coefficient (Wildman–Crippen LogP) is 1.45. The van der Waals surface area contributed by atoms with Gasteiger partial charge in [0.05, 0.1) is 10.3 Å². The van der Waals surface area contributed by atoms with E-state index in [2.05, 4.69) is 0 Å². The third-order valence-electron chi connectivity index (χ3n) is 3.46. The summed E-state index contributed by atoms with van der Waals surface area (Å²) in [4.78, 5) is 11.0. The number of fused-ring (bicyclic) bond motifs is 1. The number of carbonyl (C=O) groups is 1. The highest BCUT2D eigenvalue weighted by Crippen LogP contribution is 2.40. The minimum atomic E-state index is -3.61. The first kappa shape index (κ1) is 15.4. The van der Waals surface area contributed by atoms with Gasteiger partial charge < -0.3 is 14.6 Å². The number of halogens is 1. The summed E-state index contributed by atoms with van der Waals surface area (Å²) in [6.07, 6.45) is 1.14. The van der Waals surface area contributed by atoms with Gasteiger partial charge in [0.15, 0.2) is 11.5 Å². The second kappa shape index (κ2) is 5.60. The smallest absolute Gasteiger partial charge is 0.318 e. The Morgan fingerprint density at radius 1 is 1.36 bits per heavy atom. The molecular weight excluding hydrogens is 334 g/mol. The standard InChI is InChI=1S/C13H14ClNO6S/c14-10-3-8(4-11-13(10)21-7-20-11)5-15(6-12(16)17)22(18,19)9-1-2-9/h3-4,9H,1-2,5-7H2,(H,16,17). The van der Waals surface area contributed by atoms with E-state index in [0.717, 1.165) is 4.31 Å². The van der Waals surface area contributed by atoms with Crippen molar-refractivity contribution in [3.05, 3.63) is 22.7 Å². The average molecular weight is 348 g/mol. The Labute approximate surface area is 132 Å². The normalized spacial score (nSPS) is 17.0. The summed E-state index contributed by atoms with van der Waals surface area (Å²) in [5, 5.41) is 8.79. The fraction of sp³-hybridized carbons (Fsp3) is 0.462. The Morgan fingerprint density at radius 2 is 2.09 bits per heavy atom. The fourth-order valence-electron chi connectivity index (χ4n) is 2.28. The van der Waals surface area contributed by atoms with E-state index in [1.165, 1.54) is 0 Å². The maximum atomic E-state index is 12.3. The van der Waals surface area contributed by atoms with Gasteiger partial charge in [0, 0.05) is 6.54 Å². The summed E-state index contributed by atoms with van der Waals surface area (Å²) in [5.41, 5.74) is 0.555. The van der Waals surface area contributed by atoms with Crippen LogP contribution in [0.3, 0.4) is 0 Å². The van der Waals surface area contributed by atoms with Gasteiger partial charge in [-0.3, -0.25) is 4.79 Å². The van der Waals surface area contributed by atoms with Crippen LogP contribution in [0.1, 0.15) is 18.4 Å². The Morgan fingerprint density at radius 3 is 2.73 bits per heavy atom. The molecule has 0 atom stereocenters. The van der Waals surface area contributed by atoms with Crippen molar-refractivity contribution in [2.45, 2.75) is 24.6 Å². The quantitative estimate of drug-likeness (QED) is 0.837. The van der Waals surface area contributed by atoms with Crippen molar-refractivity contribution >= 4 is 27.6 Å². The molecule has 1 aliphatic carbocycles. The molecule has 0 bridgehead atoms. The van der Waals surface area contributed by atoms with Crippen LogP contribution in [0.2, 0.25) is 5.02 Å². The Balaban J connectivity index is 1.87. The van der Waals surface area contributed by atoms with Crippen molar-refractivity contribution in [2.75, 3.05) is 13.3 Å². The van der Waals surface area contributed by atoms with Crippen LogP contribution in [-0.2, 0) is 21.4 Å². The molecule has 1 heterocycles. The summed E-state index contributed by atoms with van der Waals surface area (Å²) < 4.78 is 36.0. The summed E-state index contributed by atoms with van der Waals surface area (Å²) in [6.45, 7) is -0.593. The third kappa shape index (κ3) is 2.99. The first-order chi connectivity index (χ1) is 10.4. The first-order valence-corrected chi connectivity index (χ1v) is 8.55. The summed E-state index contributed by atoms with van der Waals surface area (Å²) in [5.74, 6) is -0.349. The second-order valence-electron chi connectivity index (χ2n) is 5.22. The lowest BCUT2D eigenvalue weighted by molar-refractivity contribution is -0.137. The van der Waals surface area contributed by atoms with Crippen molar-refractivity contribution in [2.24, 2.45) is 0 Å². The van der Waals surface area contributed by atoms with Crippen molar-refractivity contribution in [3.8, 4) is 11.5 Å². The summed E-state index contributed by atoms with van der Waals surface area (Å²) in [7, 11) is -3.61. The van der Waals surface area contributed by atoms with Gasteiger partial charge in [-0.15, -0.1) is 0 Å².